The topological polar surface area (TPSA) is 128 Å². The number of hydrogen-bond acceptors (Lipinski definition) is 6. The molecule has 0 spiro atoms. The van der Waals surface area contributed by atoms with Crippen LogP contribution in [0.1, 0.15) is 37.3 Å². The van der Waals surface area contributed by atoms with Crippen LogP contribution in [0.2, 0.25) is 0 Å². The molecule has 0 aromatic heterocycles. The molecule has 1 aliphatic rings. The third-order valence-electron chi connectivity index (χ3n) is 5.88. The predicted octanol–water partition coefficient (Wildman–Crippen LogP) is 1.16. The van der Waals surface area contributed by atoms with Gasteiger partial charge in [0.1, 0.15) is 6.04 Å². The van der Waals surface area contributed by atoms with Crippen LogP contribution < -0.4 is 10.6 Å². The van der Waals surface area contributed by atoms with Crippen molar-refractivity contribution < 1.29 is 29.3 Å². The summed E-state index contributed by atoms with van der Waals surface area (Å²) in [4.78, 5) is 39.2. The molecule has 1 aliphatic heterocycles. The Bertz CT molecular complexity index is 936. The minimum absolute atomic E-state index is 0.0754. The number of carbonyl (C=O) groups excluding carboxylic acids is 3. The third-order valence-corrected chi connectivity index (χ3v) is 5.88. The molecule has 2 amide bonds. The predicted molar refractivity (Wildman–Crippen MR) is 126 cm³/mol. The molecule has 4 N–H and O–H groups in total. The van der Waals surface area contributed by atoms with Crippen LogP contribution in [0.25, 0.3) is 0 Å². The Morgan fingerprint density at radius 1 is 0.882 bits per heavy atom. The van der Waals surface area contributed by atoms with E-state index in [-0.39, 0.29) is 12.5 Å². The number of Topliss-reactive ketones (excluding diaryl/α,β-unsaturated/α-hetero) is 1. The Labute approximate surface area is 199 Å². The first-order chi connectivity index (χ1) is 16.3. The van der Waals surface area contributed by atoms with E-state index in [1.165, 1.54) is 0 Å². The monoisotopic (exact) mass is 468 g/mol. The summed E-state index contributed by atoms with van der Waals surface area (Å²) in [5.74, 6) is -2.15. The minimum atomic E-state index is -1.28. The van der Waals surface area contributed by atoms with Gasteiger partial charge in [-0.05, 0) is 23.5 Å². The first-order valence-corrected chi connectivity index (χ1v) is 11.4. The number of epoxide rings is 1. The Morgan fingerprint density at radius 2 is 1.38 bits per heavy atom. The molecule has 0 radical (unpaired) electrons. The van der Waals surface area contributed by atoms with Gasteiger partial charge in [0, 0.05) is 0 Å². The van der Waals surface area contributed by atoms with E-state index in [1.54, 1.807) is 0 Å². The molecule has 0 aliphatic carbocycles. The first kappa shape index (κ1) is 25.6. The summed E-state index contributed by atoms with van der Waals surface area (Å²) >= 11 is 0. The van der Waals surface area contributed by atoms with Gasteiger partial charge in [-0.25, -0.2) is 0 Å². The van der Waals surface area contributed by atoms with E-state index in [0.29, 0.717) is 6.42 Å². The number of carbonyl (C=O) groups is 3. The molecule has 1 saturated heterocycles. The zero-order valence-corrected chi connectivity index (χ0v) is 19.4. The van der Waals surface area contributed by atoms with Gasteiger partial charge in [0.25, 0.3) is 0 Å². The highest BCUT2D eigenvalue weighted by Gasteiger charge is 2.54. The lowest BCUT2D eigenvalue weighted by molar-refractivity contribution is -0.134. The fourth-order valence-corrected chi connectivity index (χ4v) is 3.93. The summed E-state index contributed by atoms with van der Waals surface area (Å²) in [5.41, 5.74) is 0.204. The number of benzene rings is 2. The lowest BCUT2D eigenvalue weighted by Gasteiger charge is -2.26. The Balaban J connectivity index is 1.77. The standard InChI is InChI=1S/C26H32N2O6/c1-17(2)13-20(23(31)26(15-30)16-34-26)27-24(32)21(14-29)28-25(33)22(18-9-5-3-6-10-18)19-11-7-4-8-12-19/h3-12,17,20-22,29-30H,13-16H2,1-2H3,(H,27,32)(H,28,33). The molecule has 0 bridgehead atoms. The maximum atomic E-state index is 13.3. The number of ether oxygens (including phenoxy) is 1. The van der Waals surface area contributed by atoms with Crippen molar-refractivity contribution in [2.24, 2.45) is 5.92 Å². The molecule has 34 heavy (non-hydrogen) atoms. The van der Waals surface area contributed by atoms with Crippen molar-refractivity contribution in [1.82, 2.24) is 10.6 Å². The van der Waals surface area contributed by atoms with Crippen LogP contribution in [-0.2, 0) is 19.1 Å². The van der Waals surface area contributed by atoms with Crippen LogP contribution in [0.5, 0.6) is 0 Å². The second-order valence-electron chi connectivity index (χ2n) is 8.99. The number of nitrogens with one attached hydrogen (secondary N) is 2. The number of hydrogen-bond donors (Lipinski definition) is 4. The van der Waals surface area contributed by atoms with E-state index >= 15 is 0 Å². The molecule has 1 fully saturated rings. The average molecular weight is 469 g/mol. The van der Waals surface area contributed by atoms with Gasteiger partial charge in [-0.1, -0.05) is 74.5 Å². The highest BCUT2D eigenvalue weighted by molar-refractivity contribution is 5.98. The van der Waals surface area contributed by atoms with E-state index in [1.807, 2.05) is 74.5 Å². The smallest absolute Gasteiger partial charge is 0.245 e. The van der Waals surface area contributed by atoms with Gasteiger partial charge >= 0.3 is 0 Å². The number of aliphatic hydroxyl groups excluding tert-OH is 2. The summed E-state index contributed by atoms with van der Waals surface area (Å²) in [7, 11) is 0. The second-order valence-corrected chi connectivity index (χ2v) is 8.99. The average Bonchev–Trinajstić information content (AvgIpc) is 3.64. The van der Waals surface area contributed by atoms with Crippen molar-refractivity contribution in [1.29, 1.82) is 0 Å². The molecule has 8 nitrogen and oxygen atoms in total. The zero-order valence-electron chi connectivity index (χ0n) is 19.4. The summed E-state index contributed by atoms with van der Waals surface area (Å²) in [6, 6.07) is 16.1. The molecule has 2 aromatic rings. The molecule has 8 heteroatoms. The maximum Gasteiger partial charge on any atom is 0.245 e. The van der Waals surface area contributed by atoms with E-state index in [2.05, 4.69) is 10.6 Å². The van der Waals surface area contributed by atoms with Crippen LogP contribution in [0.3, 0.4) is 0 Å². The zero-order chi connectivity index (χ0) is 24.7. The summed E-state index contributed by atoms with van der Waals surface area (Å²) in [6.45, 7) is 2.80. The first-order valence-electron chi connectivity index (χ1n) is 11.4. The van der Waals surface area contributed by atoms with Crippen molar-refractivity contribution in [2.45, 2.75) is 43.9 Å². The Morgan fingerprint density at radius 3 is 1.79 bits per heavy atom. The fourth-order valence-electron chi connectivity index (χ4n) is 3.93. The Hall–Kier alpha value is -3.07. The summed E-state index contributed by atoms with van der Waals surface area (Å²) < 4.78 is 5.16. The van der Waals surface area contributed by atoms with Crippen molar-refractivity contribution in [3.8, 4) is 0 Å². The van der Waals surface area contributed by atoms with Gasteiger partial charge in [-0.3, -0.25) is 14.4 Å². The molecule has 182 valence electrons. The van der Waals surface area contributed by atoms with Crippen LogP contribution in [0.4, 0.5) is 0 Å². The van der Waals surface area contributed by atoms with Gasteiger partial charge in [-0.15, -0.1) is 0 Å². The van der Waals surface area contributed by atoms with Gasteiger partial charge in [0.15, 0.2) is 11.4 Å². The second kappa shape index (κ2) is 11.4. The number of amides is 2. The maximum absolute atomic E-state index is 13.3. The van der Waals surface area contributed by atoms with Crippen LogP contribution in [0, 0.1) is 5.92 Å². The van der Waals surface area contributed by atoms with Crippen LogP contribution >= 0.6 is 0 Å². The van der Waals surface area contributed by atoms with Crippen molar-refractivity contribution >= 4 is 17.6 Å². The van der Waals surface area contributed by atoms with Crippen LogP contribution in [0.15, 0.2) is 60.7 Å². The normalized spacial score (nSPS) is 18.9. The molecule has 2 aromatic carbocycles. The van der Waals surface area contributed by atoms with Crippen LogP contribution in [-0.4, -0.2) is 65.3 Å². The molecular weight excluding hydrogens is 436 g/mol. The fraction of sp³-hybridized carbons (Fsp3) is 0.423. The van der Waals surface area contributed by atoms with E-state index < -0.39 is 54.4 Å². The summed E-state index contributed by atoms with van der Waals surface area (Å²) in [6.07, 6.45) is 0.332. The van der Waals surface area contributed by atoms with Crippen molar-refractivity contribution in [3.05, 3.63) is 71.8 Å². The van der Waals surface area contributed by atoms with Gasteiger partial charge < -0.3 is 25.6 Å². The third kappa shape index (κ3) is 6.08. The summed E-state index contributed by atoms with van der Waals surface area (Å²) in [5, 5.41) is 24.7. The lowest BCUT2D eigenvalue weighted by atomic mass is 9.90. The highest BCUT2D eigenvalue weighted by Crippen LogP contribution is 2.30. The van der Waals surface area contributed by atoms with E-state index in [4.69, 9.17) is 4.74 Å². The highest BCUT2D eigenvalue weighted by atomic mass is 16.6. The molecule has 3 rings (SSSR count). The lowest BCUT2D eigenvalue weighted by Crippen LogP contribution is -2.56. The number of ketones is 1. The quantitative estimate of drug-likeness (QED) is 0.346. The minimum Gasteiger partial charge on any atom is -0.394 e. The molecule has 3 unspecified atom stereocenters. The molecule has 0 saturated carbocycles. The largest absolute Gasteiger partial charge is 0.394 e. The molecule has 3 atom stereocenters. The van der Waals surface area contributed by atoms with E-state index in [0.717, 1.165) is 11.1 Å². The SMILES string of the molecule is CC(C)CC(NC(=O)C(CO)NC(=O)C(c1ccccc1)c1ccccc1)C(=O)C1(CO)CO1. The van der Waals surface area contributed by atoms with E-state index in [9.17, 15) is 24.6 Å². The van der Waals surface area contributed by atoms with Crippen molar-refractivity contribution in [3.63, 3.8) is 0 Å². The molecular formula is C26H32N2O6. The Kier molecular flexibility index (Phi) is 8.55. The van der Waals surface area contributed by atoms with Gasteiger partial charge in [-0.2, -0.15) is 0 Å². The number of aliphatic hydroxyl groups is 2. The number of rotatable bonds is 12. The molecule has 1 heterocycles. The van der Waals surface area contributed by atoms with Crippen molar-refractivity contribution in [2.75, 3.05) is 19.8 Å². The van der Waals surface area contributed by atoms with Gasteiger partial charge in [0.2, 0.25) is 11.8 Å². The van der Waals surface area contributed by atoms with Gasteiger partial charge in [0.05, 0.1) is 31.8 Å².